The molecule has 0 N–H and O–H groups in total. The number of rotatable bonds is 9. The molecule has 0 spiro atoms. The highest BCUT2D eigenvalue weighted by atomic mass is 16.5. The maximum Gasteiger partial charge on any atom is 0.203 e. The van der Waals surface area contributed by atoms with E-state index in [1.165, 1.54) is 6.07 Å². The smallest absolute Gasteiger partial charge is 0.203 e. The van der Waals surface area contributed by atoms with Crippen molar-refractivity contribution in [1.29, 1.82) is 5.26 Å². The number of nitriles is 1. The Kier molecular flexibility index (Phi) is 7.38. The average Bonchev–Trinajstić information content (AvgIpc) is 2.88. The molecule has 0 aliphatic rings. The summed E-state index contributed by atoms with van der Waals surface area (Å²) in [6.07, 6.45) is 5.22. The van der Waals surface area contributed by atoms with E-state index in [1.807, 2.05) is 37.3 Å². The highest BCUT2D eigenvalue weighted by molar-refractivity contribution is 5.56. The van der Waals surface area contributed by atoms with Crippen molar-refractivity contribution in [3.8, 4) is 28.9 Å². The van der Waals surface area contributed by atoms with Crippen molar-refractivity contribution in [2.45, 2.75) is 13.3 Å². The minimum Gasteiger partial charge on any atom is -0.488 e. The van der Waals surface area contributed by atoms with Crippen LogP contribution in [-0.2, 0) is 11.2 Å². The summed E-state index contributed by atoms with van der Waals surface area (Å²) in [7, 11) is 0. The molecule has 0 atom stereocenters. The molecular formula is C26H23N5O3. The number of hydrogen-bond acceptors (Lipinski definition) is 7. The fraction of sp³-hybridized carbons (Fsp3) is 0.192. The van der Waals surface area contributed by atoms with Gasteiger partial charge in [-0.2, -0.15) is 10.4 Å². The fourth-order valence-corrected chi connectivity index (χ4v) is 3.35. The predicted molar refractivity (Wildman–Crippen MR) is 127 cm³/mol. The van der Waals surface area contributed by atoms with Gasteiger partial charge >= 0.3 is 0 Å². The Morgan fingerprint density at radius 2 is 1.85 bits per heavy atom. The number of ether oxygens (including phenoxy) is 2. The standard InChI is InChI=1S/C26H23N5O3/c1-2-33-11-12-34-23-17-28-26(29-18-23)21-7-3-5-19(13-21)15-24-25(32)9-10-31(30-24)22-8-4-6-20(14-22)16-27/h3-10,13-14,17-18H,2,11-12,15H2,1H3. The van der Waals surface area contributed by atoms with E-state index in [0.29, 0.717) is 54.8 Å². The molecule has 170 valence electrons. The Morgan fingerprint density at radius 3 is 2.65 bits per heavy atom. The lowest BCUT2D eigenvalue weighted by molar-refractivity contribution is 0.110. The van der Waals surface area contributed by atoms with Crippen LogP contribution in [0.4, 0.5) is 0 Å². The molecule has 4 rings (SSSR count). The van der Waals surface area contributed by atoms with E-state index < -0.39 is 0 Å². The Balaban J connectivity index is 1.51. The van der Waals surface area contributed by atoms with Crippen LogP contribution in [0.3, 0.4) is 0 Å². The van der Waals surface area contributed by atoms with Crippen LogP contribution in [0, 0.1) is 11.3 Å². The highest BCUT2D eigenvalue weighted by Crippen LogP contribution is 2.19. The van der Waals surface area contributed by atoms with Gasteiger partial charge in [-0.05, 0) is 36.8 Å². The van der Waals surface area contributed by atoms with Gasteiger partial charge in [-0.15, -0.1) is 0 Å². The molecule has 0 aliphatic heterocycles. The third kappa shape index (κ3) is 5.71. The van der Waals surface area contributed by atoms with Crippen molar-refractivity contribution in [3.63, 3.8) is 0 Å². The first-order valence-electron chi connectivity index (χ1n) is 10.9. The van der Waals surface area contributed by atoms with Gasteiger partial charge in [0.2, 0.25) is 5.43 Å². The van der Waals surface area contributed by atoms with E-state index in [2.05, 4.69) is 21.1 Å². The van der Waals surface area contributed by atoms with Crippen molar-refractivity contribution < 1.29 is 9.47 Å². The Labute approximate surface area is 197 Å². The molecule has 34 heavy (non-hydrogen) atoms. The monoisotopic (exact) mass is 453 g/mol. The minimum atomic E-state index is -0.150. The lowest BCUT2D eigenvalue weighted by Crippen LogP contribution is -2.16. The van der Waals surface area contributed by atoms with Crippen molar-refractivity contribution >= 4 is 0 Å². The SMILES string of the molecule is CCOCCOc1cnc(-c2cccc(Cc3nn(-c4cccc(C#N)c4)ccc3=O)c2)nc1. The number of nitrogens with zero attached hydrogens (tertiary/aromatic N) is 5. The van der Waals surface area contributed by atoms with Gasteiger partial charge in [0, 0.05) is 30.9 Å². The van der Waals surface area contributed by atoms with Gasteiger partial charge in [-0.1, -0.05) is 24.3 Å². The summed E-state index contributed by atoms with van der Waals surface area (Å²) in [4.78, 5) is 21.3. The first-order valence-corrected chi connectivity index (χ1v) is 10.9. The van der Waals surface area contributed by atoms with Gasteiger partial charge in [-0.25, -0.2) is 14.6 Å². The van der Waals surface area contributed by atoms with Gasteiger partial charge in [0.1, 0.15) is 12.3 Å². The van der Waals surface area contributed by atoms with Crippen LogP contribution in [0.5, 0.6) is 5.75 Å². The molecule has 0 saturated carbocycles. The van der Waals surface area contributed by atoms with Gasteiger partial charge in [0.15, 0.2) is 11.6 Å². The zero-order chi connectivity index (χ0) is 23.8. The van der Waals surface area contributed by atoms with Gasteiger partial charge in [0.05, 0.1) is 36.3 Å². The molecule has 2 aromatic carbocycles. The molecular weight excluding hydrogens is 430 g/mol. The summed E-state index contributed by atoms with van der Waals surface area (Å²) in [5.74, 6) is 1.14. The summed E-state index contributed by atoms with van der Waals surface area (Å²) < 4.78 is 12.4. The van der Waals surface area contributed by atoms with E-state index in [1.54, 1.807) is 41.5 Å². The van der Waals surface area contributed by atoms with Crippen LogP contribution < -0.4 is 10.2 Å². The molecule has 8 nitrogen and oxygen atoms in total. The van der Waals surface area contributed by atoms with Crippen LogP contribution in [0.2, 0.25) is 0 Å². The van der Waals surface area contributed by atoms with Gasteiger partial charge < -0.3 is 9.47 Å². The summed E-state index contributed by atoms with van der Waals surface area (Å²) in [5, 5.41) is 13.6. The summed E-state index contributed by atoms with van der Waals surface area (Å²) in [6.45, 7) is 3.54. The first-order chi connectivity index (χ1) is 16.7. The lowest BCUT2D eigenvalue weighted by Gasteiger charge is -2.09. The second-order valence-electron chi connectivity index (χ2n) is 7.40. The molecule has 0 fully saturated rings. The minimum absolute atomic E-state index is 0.150. The zero-order valence-corrected chi connectivity index (χ0v) is 18.7. The maximum atomic E-state index is 12.5. The summed E-state index contributed by atoms with van der Waals surface area (Å²) in [6, 6.07) is 18.4. The summed E-state index contributed by atoms with van der Waals surface area (Å²) in [5.41, 5.74) is 3.23. The molecule has 2 heterocycles. The Bertz CT molecular complexity index is 1360. The zero-order valence-electron chi connectivity index (χ0n) is 18.7. The molecule has 0 bridgehead atoms. The first kappa shape index (κ1) is 22.8. The van der Waals surface area contributed by atoms with E-state index in [9.17, 15) is 4.79 Å². The van der Waals surface area contributed by atoms with E-state index >= 15 is 0 Å². The molecule has 0 unspecified atom stereocenters. The normalized spacial score (nSPS) is 10.6. The molecule has 8 heteroatoms. The van der Waals surface area contributed by atoms with Crippen molar-refractivity contribution in [1.82, 2.24) is 19.7 Å². The van der Waals surface area contributed by atoms with E-state index in [4.69, 9.17) is 14.7 Å². The Morgan fingerprint density at radius 1 is 1.03 bits per heavy atom. The molecule has 4 aromatic rings. The second kappa shape index (κ2) is 11.0. The quantitative estimate of drug-likeness (QED) is 0.357. The van der Waals surface area contributed by atoms with Crippen LogP contribution in [-0.4, -0.2) is 39.6 Å². The number of hydrogen-bond donors (Lipinski definition) is 0. The van der Waals surface area contributed by atoms with Crippen LogP contribution in [0.25, 0.3) is 17.1 Å². The van der Waals surface area contributed by atoms with Crippen molar-refractivity contribution in [2.24, 2.45) is 0 Å². The Hall–Kier alpha value is -4.35. The number of benzene rings is 2. The molecule has 0 aliphatic carbocycles. The van der Waals surface area contributed by atoms with Gasteiger partial charge in [-0.3, -0.25) is 4.79 Å². The molecule has 0 amide bonds. The van der Waals surface area contributed by atoms with Crippen LogP contribution in [0.1, 0.15) is 23.7 Å². The topological polar surface area (TPSA) is 103 Å². The van der Waals surface area contributed by atoms with Crippen LogP contribution in [0.15, 0.2) is 78.0 Å². The van der Waals surface area contributed by atoms with Crippen LogP contribution >= 0.6 is 0 Å². The molecule has 2 aromatic heterocycles. The third-order valence-electron chi connectivity index (χ3n) is 5.01. The summed E-state index contributed by atoms with van der Waals surface area (Å²) >= 11 is 0. The maximum absolute atomic E-state index is 12.5. The van der Waals surface area contributed by atoms with Gasteiger partial charge in [0.25, 0.3) is 0 Å². The highest BCUT2D eigenvalue weighted by Gasteiger charge is 2.09. The van der Waals surface area contributed by atoms with Crippen molar-refractivity contribution in [2.75, 3.05) is 19.8 Å². The largest absolute Gasteiger partial charge is 0.488 e. The number of aromatic nitrogens is 4. The van der Waals surface area contributed by atoms with E-state index in [0.717, 1.165) is 11.1 Å². The van der Waals surface area contributed by atoms with E-state index in [-0.39, 0.29) is 5.43 Å². The van der Waals surface area contributed by atoms with Crippen molar-refractivity contribution in [3.05, 3.63) is 100 Å². The predicted octanol–water partition coefficient (Wildman–Crippen LogP) is 3.57. The second-order valence-corrected chi connectivity index (χ2v) is 7.40. The third-order valence-corrected chi connectivity index (χ3v) is 5.01. The fourth-order valence-electron chi connectivity index (χ4n) is 3.35. The lowest BCUT2D eigenvalue weighted by atomic mass is 10.1. The molecule has 0 saturated heterocycles. The molecule has 0 radical (unpaired) electrons. The average molecular weight is 454 g/mol.